The van der Waals surface area contributed by atoms with E-state index in [-0.39, 0.29) is 0 Å². The fourth-order valence-corrected chi connectivity index (χ4v) is 1.97. The van der Waals surface area contributed by atoms with Crippen LogP contribution in [0.2, 0.25) is 0 Å². The third-order valence-electron chi connectivity index (χ3n) is 0.970. The van der Waals surface area contributed by atoms with Gasteiger partial charge in [0.1, 0.15) is 0 Å². The molecule has 0 aliphatic heterocycles. The van der Waals surface area contributed by atoms with Crippen LogP contribution in [0.1, 0.15) is 6.92 Å². The van der Waals surface area contributed by atoms with Crippen molar-refractivity contribution in [2.45, 2.75) is 11.8 Å². The van der Waals surface area contributed by atoms with Gasteiger partial charge < -0.3 is 4.18 Å². The smallest absolute Gasteiger partial charge is 0.0675 e. The van der Waals surface area contributed by atoms with E-state index in [2.05, 4.69) is 6.07 Å². The molecule has 0 amide bonds. The normalized spacial score (nSPS) is 9.91. The lowest BCUT2D eigenvalue weighted by Crippen LogP contribution is -1.72. The molecule has 0 aliphatic rings. The summed E-state index contributed by atoms with van der Waals surface area (Å²) < 4.78 is 5.10. The van der Waals surface area contributed by atoms with Crippen molar-refractivity contribution in [3.05, 3.63) is 30.3 Å². The summed E-state index contributed by atoms with van der Waals surface area (Å²) in [5.41, 5.74) is 0. The summed E-state index contributed by atoms with van der Waals surface area (Å²) in [7, 11) is 1.58. The second kappa shape index (κ2) is 5.52. The van der Waals surface area contributed by atoms with Crippen molar-refractivity contribution in [2.24, 2.45) is 0 Å². The molecule has 0 aliphatic carbocycles. The third-order valence-corrected chi connectivity index (χ3v) is 2.84. The van der Waals surface area contributed by atoms with E-state index in [0.717, 1.165) is 11.5 Å². The van der Waals surface area contributed by atoms with Gasteiger partial charge in [-0.2, -0.15) is 0 Å². The van der Waals surface area contributed by atoms with Gasteiger partial charge in [-0.3, -0.25) is 0 Å². The molecule has 0 spiro atoms. The third kappa shape index (κ3) is 3.70. The van der Waals surface area contributed by atoms with Crippen LogP contribution >= 0.6 is 21.9 Å². The molecular weight excluding hydrogens is 176 g/mol. The van der Waals surface area contributed by atoms with E-state index >= 15 is 0 Å². The SMILES string of the molecule is CCOSSc1[c]cccc1. The Kier molecular flexibility index (Phi) is 4.50. The molecule has 1 aromatic carbocycles. The molecule has 0 fully saturated rings. The molecule has 1 radical (unpaired) electrons. The van der Waals surface area contributed by atoms with Crippen molar-refractivity contribution >= 4 is 21.9 Å². The minimum Gasteiger partial charge on any atom is -0.305 e. The Hall–Kier alpha value is -0.120. The van der Waals surface area contributed by atoms with Crippen molar-refractivity contribution in [1.29, 1.82) is 0 Å². The van der Waals surface area contributed by atoms with E-state index in [9.17, 15) is 0 Å². The van der Waals surface area contributed by atoms with Gasteiger partial charge in [0.25, 0.3) is 0 Å². The Bertz CT molecular complexity index is 189. The summed E-state index contributed by atoms with van der Waals surface area (Å²) in [5, 5.41) is 0. The zero-order valence-electron chi connectivity index (χ0n) is 6.24. The first-order valence-electron chi connectivity index (χ1n) is 3.36. The van der Waals surface area contributed by atoms with Crippen LogP contribution in [0.25, 0.3) is 0 Å². The Labute approximate surface area is 75.1 Å². The summed E-state index contributed by atoms with van der Waals surface area (Å²) in [6, 6.07) is 10.9. The molecule has 0 bridgehead atoms. The summed E-state index contributed by atoms with van der Waals surface area (Å²) >= 11 is 1.39. The second-order valence-electron chi connectivity index (χ2n) is 1.78. The monoisotopic (exact) mass is 185 g/mol. The van der Waals surface area contributed by atoms with Crippen LogP contribution in [-0.2, 0) is 4.18 Å². The topological polar surface area (TPSA) is 9.23 Å². The van der Waals surface area contributed by atoms with Crippen LogP contribution in [0, 0.1) is 6.07 Å². The minimum atomic E-state index is 0.741. The highest BCUT2D eigenvalue weighted by Crippen LogP contribution is 2.30. The van der Waals surface area contributed by atoms with Crippen LogP contribution < -0.4 is 0 Å². The van der Waals surface area contributed by atoms with E-state index in [4.69, 9.17) is 4.18 Å². The molecule has 3 heteroatoms. The molecule has 0 saturated carbocycles. The summed E-state index contributed by atoms with van der Waals surface area (Å²) in [6.07, 6.45) is 0. The first kappa shape index (κ1) is 8.97. The lowest BCUT2D eigenvalue weighted by atomic mass is 10.4. The van der Waals surface area contributed by atoms with Gasteiger partial charge >= 0.3 is 0 Å². The summed E-state index contributed by atoms with van der Waals surface area (Å²) in [6.45, 7) is 2.72. The highest BCUT2D eigenvalue weighted by Gasteiger charge is 1.91. The van der Waals surface area contributed by atoms with Gasteiger partial charge in [0, 0.05) is 4.90 Å². The molecule has 0 heterocycles. The molecular formula is C8H9OS2. The highest BCUT2D eigenvalue weighted by molar-refractivity contribution is 8.74. The predicted octanol–water partition coefficient (Wildman–Crippen LogP) is 3.18. The Morgan fingerprint density at radius 3 is 3.09 bits per heavy atom. The first-order chi connectivity index (χ1) is 5.43. The summed E-state index contributed by atoms with van der Waals surface area (Å²) in [5.74, 6) is 0. The second-order valence-corrected chi connectivity index (χ2v) is 3.67. The lowest BCUT2D eigenvalue weighted by Gasteiger charge is -1.96. The quantitative estimate of drug-likeness (QED) is 0.405. The fourth-order valence-electron chi connectivity index (χ4n) is 0.538. The van der Waals surface area contributed by atoms with Gasteiger partial charge in [-0.25, -0.2) is 0 Å². The van der Waals surface area contributed by atoms with Crippen LogP contribution in [0.4, 0.5) is 0 Å². The predicted molar refractivity (Wildman–Crippen MR) is 50.4 cm³/mol. The maximum Gasteiger partial charge on any atom is 0.0675 e. The fraction of sp³-hybridized carbons (Fsp3) is 0.250. The Balaban J connectivity index is 2.28. The first-order valence-corrected chi connectivity index (χ1v) is 5.44. The Morgan fingerprint density at radius 2 is 2.45 bits per heavy atom. The van der Waals surface area contributed by atoms with E-state index in [1.54, 1.807) is 10.8 Å². The van der Waals surface area contributed by atoms with Gasteiger partial charge in [-0.1, -0.05) is 18.2 Å². The van der Waals surface area contributed by atoms with Crippen molar-refractivity contribution in [3.8, 4) is 0 Å². The molecule has 0 saturated heterocycles. The zero-order valence-corrected chi connectivity index (χ0v) is 7.87. The van der Waals surface area contributed by atoms with Crippen molar-refractivity contribution in [1.82, 2.24) is 0 Å². The number of hydrogen-bond donors (Lipinski definition) is 0. The number of benzene rings is 1. The molecule has 1 aromatic rings. The molecule has 59 valence electrons. The van der Waals surface area contributed by atoms with Crippen LogP contribution in [-0.4, -0.2) is 6.61 Å². The molecule has 1 nitrogen and oxygen atoms in total. The van der Waals surface area contributed by atoms with Crippen molar-refractivity contribution in [3.63, 3.8) is 0 Å². The molecule has 1 rings (SSSR count). The zero-order chi connectivity index (χ0) is 7.94. The van der Waals surface area contributed by atoms with Gasteiger partial charge in [0.05, 0.1) is 17.7 Å². The van der Waals surface area contributed by atoms with Crippen molar-refractivity contribution in [2.75, 3.05) is 6.61 Å². The van der Waals surface area contributed by atoms with Gasteiger partial charge in [-0.05, 0) is 29.9 Å². The molecule has 0 atom stereocenters. The molecule has 11 heavy (non-hydrogen) atoms. The minimum absolute atomic E-state index is 0.741. The number of hydrogen-bond acceptors (Lipinski definition) is 3. The standard InChI is InChI=1S/C8H9OS2/c1-2-9-11-10-8-6-4-3-5-7-8/h3-6H,2H2,1H3. The molecule has 0 unspecified atom stereocenters. The average Bonchev–Trinajstić information content (AvgIpc) is 2.07. The van der Waals surface area contributed by atoms with E-state index in [1.165, 1.54) is 11.1 Å². The maximum absolute atomic E-state index is 5.10. The average molecular weight is 185 g/mol. The molecule has 0 N–H and O–H groups in total. The number of rotatable bonds is 4. The van der Waals surface area contributed by atoms with E-state index in [0.29, 0.717) is 0 Å². The van der Waals surface area contributed by atoms with Gasteiger partial charge in [-0.15, -0.1) is 0 Å². The highest BCUT2D eigenvalue weighted by atomic mass is 33.1. The van der Waals surface area contributed by atoms with Crippen LogP contribution in [0.5, 0.6) is 0 Å². The van der Waals surface area contributed by atoms with E-state index < -0.39 is 0 Å². The maximum atomic E-state index is 5.10. The Morgan fingerprint density at radius 1 is 1.55 bits per heavy atom. The van der Waals surface area contributed by atoms with Crippen LogP contribution in [0.3, 0.4) is 0 Å². The van der Waals surface area contributed by atoms with Gasteiger partial charge in [0.15, 0.2) is 0 Å². The largest absolute Gasteiger partial charge is 0.305 e. The van der Waals surface area contributed by atoms with Gasteiger partial charge in [0.2, 0.25) is 0 Å². The summed E-state index contributed by atoms with van der Waals surface area (Å²) in [4.78, 5) is 1.10. The van der Waals surface area contributed by atoms with Crippen molar-refractivity contribution < 1.29 is 4.18 Å². The lowest BCUT2D eigenvalue weighted by molar-refractivity contribution is 0.408. The van der Waals surface area contributed by atoms with Crippen LogP contribution in [0.15, 0.2) is 29.2 Å². The van der Waals surface area contributed by atoms with E-state index in [1.807, 2.05) is 31.2 Å². The molecule has 0 aromatic heterocycles.